The Morgan fingerprint density at radius 3 is 1.92 bits per heavy atom. The Kier molecular flexibility index (Phi) is 6.92. The number of aromatic nitrogens is 2. The van der Waals surface area contributed by atoms with Gasteiger partial charge in [-0.2, -0.15) is 5.10 Å². The first kappa shape index (κ1) is 24.4. The fourth-order valence-corrected chi connectivity index (χ4v) is 5.95. The normalized spacial score (nSPS) is 17.3. The number of aromatic amines is 1. The van der Waals surface area contributed by atoms with Gasteiger partial charge in [0.2, 0.25) is 5.91 Å². The molecule has 2 aliphatic heterocycles. The number of hydrogen-bond acceptors (Lipinski definition) is 4. The Morgan fingerprint density at radius 1 is 0.711 bits per heavy atom. The van der Waals surface area contributed by atoms with Gasteiger partial charge in [0.25, 0.3) is 5.91 Å². The lowest BCUT2D eigenvalue weighted by Crippen LogP contribution is -2.52. The molecule has 0 spiro atoms. The minimum absolute atomic E-state index is 0.0272. The standard InChI is InChI=1S/C31H33N5O2/c37-30(25-15-17-35(18-16-25)31(38)28-26-13-7-8-14-27(26)32-33-28)36-21-19-34(20-22-36)29(23-9-3-1-4-10-23)24-11-5-2-6-12-24/h1-14,25,29H,15-22H2,(H,32,33). The monoisotopic (exact) mass is 507 g/mol. The van der Waals surface area contributed by atoms with Gasteiger partial charge in [0.15, 0.2) is 5.69 Å². The second kappa shape index (κ2) is 10.8. The van der Waals surface area contributed by atoms with Gasteiger partial charge in [-0.25, -0.2) is 0 Å². The molecule has 2 saturated heterocycles. The topological polar surface area (TPSA) is 72.5 Å². The van der Waals surface area contributed by atoms with E-state index >= 15 is 0 Å². The highest BCUT2D eigenvalue weighted by Crippen LogP contribution is 2.30. The van der Waals surface area contributed by atoms with Crippen LogP contribution in [0, 0.1) is 5.92 Å². The van der Waals surface area contributed by atoms with Crippen LogP contribution in [0.2, 0.25) is 0 Å². The maximum atomic E-state index is 13.4. The molecule has 3 heterocycles. The summed E-state index contributed by atoms with van der Waals surface area (Å²) in [6.45, 7) is 4.30. The quantitative estimate of drug-likeness (QED) is 0.436. The summed E-state index contributed by atoms with van der Waals surface area (Å²) in [5, 5.41) is 8.06. The number of para-hydroxylation sites is 1. The van der Waals surface area contributed by atoms with E-state index in [9.17, 15) is 9.59 Å². The summed E-state index contributed by atoms with van der Waals surface area (Å²) in [7, 11) is 0. The van der Waals surface area contributed by atoms with Gasteiger partial charge in [-0.15, -0.1) is 0 Å². The molecular formula is C31H33N5O2. The minimum Gasteiger partial charge on any atom is -0.340 e. The number of carbonyl (C=O) groups excluding carboxylic acids is 2. The number of fused-ring (bicyclic) bond motifs is 1. The molecule has 0 unspecified atom stereocenters. The third kappa shape index (κ3) is 4.82. The van der Waals surface area contributed by atoms with E-state index in [1.807, 2.05) is 34.1 Å². The first-order valence-corrected chi connectivity index (χ1v) is 13.5. The van der Waals surface area contributed by atoms with Crippen LogP contribution in [0.15, 0.2) is 84.9 Å². The maximum absolute atomic E-state index is 13.4. The lowest BCUT2D eigenvalue weighted by atomic mass is 9.94. The zero-order valence-electron chi connectivity index (χ0n) is 21.5. The molecule has 0 bridgehead atoms. The average Bonchev–Trinajstić information content (AvgIpc) is 3.42. The Hall–Kier alpha value is -3.97. The number of piperazine rings is 1. The van der Waals surface area contributed by atoms with Crippen molar-refractivity contribution in [3.63, 3.8) is 0 Å². The van der Waals surface area contributed by atoms with E-state index in [1.165, 1.54) is 11.1 Å². The lowest BCUT2D eigenvalue weighted by molar-refractivity contribution is -0.139. The van der Waals surface area contributed by atoms with Gasteiger partial charge in [-0.3, -0.25) is 19.6 Å². The fraction of sp³-hybridized carbons (Fsp3) is 0.323. The van der Waals surface area contributed by atoms with E-state index in [1.54, 1.807) is 0 Å². The number of H-pyrrole nitrogens is 1. The zero-order chi connectivity index (χ0) is 25.9. The molecule has 0 atom stereocenters. The van der Waals surface area contributed by atoms with Crippen LogP contribution in [0.3, 0.4) is 0 Å². The van der Waals surface area contributed by atoms with E-state index in [0.29, 0.717) is 31.6 Å². The highest BCUT2D eigenvalue weighted by Gasteiger charge is 2.34. The molecule has 2 fully saturated rings. The van der Waals surface area contributed by atoms with Gasteiger partial charge in [0.1, 0.15) is 0 Å². The number of amides is 2. The lowest BCUT2D eigenvalue weighted by Gasteiger charge is -2.41. The molecular weight excluding hydrogens is 474 g/mol. The van der Waals surface area contributed by atoms with Crippen molar-refractivity contribution in [2.24, 2.45) is 5.92 Å². The van der Waals surface area contributed by atoms with Gasteiger partial charge in [0, 0.05) is 50.6 Å². The molecule has 194 valence electrons. The number of carbonyl (C=O) groups is 2. The molecule has 0 aliphatic carbocycles. The molecule has 0 saturated carbocycles. The van der Waals surface area contributed by atoms with Crippen LogP contribution in [-0.2, 0) is 4.79 Å². The van der Waals surface area contributed by atoms with Gasteiger partial charge in [0.05, 0.1) is 11.6 Å². The third-order valence-corrected chi connectivity index (χ3v) is 8.03. The predicted octanol–water partition coefficient (Wildman–Crippen LogP) is 4.35. The highest BCUT2D eigenvalue weighted by molar-refractivity contribution is 6.04. The summed E-state index contributed by atoms with van der Waals surface area (Å²) in [5.41, 5.74) is 3.88. The molecule has 7 nitrogen and oxygen atoms in total. The average molecular weight is 508 g/mol. The number of hydrogen-bond donors (Lipinski definition) is 1. The van der Waals surface area contributed by atoms with Crippen LogP contribution < -0.4 is 0 Å². The van der Waals surface area contributed by atoms with Crippen LogP contribution in [-0.4, -0.2) is 76.0 Å². The van der Waals surface area contributed by atoms with E-state index in [0.717, 1.165) is 37.1 Å². The van der Waals surface area contributed by atoms with E-state index < -0.39 is 0 Å². The van der Waals surface area contributed by atoms with Gasteiger partial charge >= 0.3 is 0 Å². The molecule has 38 heavy (non-hydrogen) atoms. The molecule has 1 N–H and O–H groups in total. The molecule has 4 aromatic rings. The number of nitrogens with zero attached hydrogens (tertiary/aromatic N) is 4. The number of likely N-dealkylation sites (tertiary alicyclic amines) is 1. The second-order valence-corrected chi connectivity index (χ2v) is 10.3. The van der Waals surface area contributed by atoms with Crippen molar-refractivity contribution in [2.75, 3.05) is 39.3 Å². The van der Waals surface area contributed by atoms with E-state index in [-0.39, 0.29) is 23.8 Å². The van der Waals surface area contributed by atoms with Crippen LogP contribution in [0.25, 0.3) is 10.9 Å². The van der Waals surface area contributed by atoms with Crippen LogP contribution in [0.4, 0.5) is 0 Å². The van der Waals surface area contributed by atoms with Crippen molar-refractivity contribution < 1.29 is 9.59 Å². The summed E-state index contributed by atoms with van der Waals surface area (Å²) in [4.78, 5) is 32.9. The Labute approximate surface area is 223 Å². The molecule has 3 aromatic carbocycles. The summed E-state index contributed by atoms with van der Waals surface area (Å²) in [5.74, 6) is 0.147. The summed E-state index contributed by atoms with van der Waals surface area (Å²) >= 11 is 0. The predicted molar refractivity (Wildman–Crippen MR) is 148 cm³/mol. The number of benzene rings is 3. The highest BCUT2D eigenvalue weighted by atomic mass is 16.2. The Balaban J connectivity index is 1.06. The molecule has 6 rings (SSSR count). The van der Waals surface area contributed by atoms with Gasteiger partial charge < -0.3 is 9.80 Å². The minimum atomic E-state index is -0.0603. The van der Waals surface area contributed by atoms with Crippen molar-refractivity contribution in [2.45, 2.75) is 18.9 Å². The molecule has 2 amide bonds. The number of piperidine rings is 1. The van der Waals surface area contributed by atoms with Crippen molar-refractivity contribution in [3.8, 4) is 0 Å². The van der Waals surface area contributed by atoms with Gasteiger partial charge in [-0.05, 0) is 30.0 Å². The Bertz CT molecular complexity index is 1350. The Morgan fingerprint density at radius 2 is 1.29 bits per heavy atom. The third-order valence-electron chi connectivity index (χ3n) is 8.03. The molecule has 0 radical (unpaired) electrons. The molecule has 2 aliphatic rings. The first-order valence-electron chi connectivity index (χ1n) is 13.5. The largest absolute Gasteiger partial charge is 0.340 e. The van der Waals surface area contributed by atoms with E-state index in [2.05, 4.69) is 75.8 Å². The summed E-state index contributed by atoms with van der Waals surface area (Å²) in [6, 6.07) is 29.1. The summed E-state index contributed by atoms with van der Waals surface area (Å²) < 4.78 is 0. The van der Waals surface area contributed by atoms with Crippen molar-refractivity contribution in [1.29, 1.82) is 0 Å². The number of nitrogens with one attached hydrogen (secondary N) is 1. The van der Waals surface area contributed by atoms with Crippen LogP contribution in [0.1, 0.15) is 40.5 Å². The molecule has 7 heteroatoms. The van der Waals surface area contributed by atoms with E-state index in [4.69, 9.17) is 0 Å². The van der Waals surface area contributed by atoms with Crippen LogP contribution in [0.5, 0.6) is 0 Å². The number of rotatable bonds is 5. The summed E-state index contributed by atoms with van der Waals surface area (Å²) in [6.07, 6.45) is 1.40. The van der Waals surface area contributed by atoms with Gasteiger partial charge in [-0.1, -0.05) is 78.9 Å². The second-order valence-electron chi connectivity index (χ2n) is 10.3. The van der Waals surface area contributed by atoms with Crippen molar-refractivity contribution in [1.82, 2.24) is 24.9 Å². The SMILES string of the molecule is O=C(c1n[nH]c2ccccc12)N1CCC(C(=O)N2CCN(C(c3ccccc3)c3ccccc3)CC2)CC1. The molecule has 1 aromatic heterocycles. The van der Waals surface area contributed by atoms with Crippen molar-refractivity contribution >= 4 is 22.7 Å². The van der Waals surface area contributed by atoms with Crippen LogP contribution >= 0.6 is 0 Å². The zero-order valence-corrected chi connectivity index (χ0v) is 21.5. The van der Waals surface area contributed by atoms with Crippen molar-refractivity contribution in [3.05, 3.63) is 102 Å². The first-order chi connectivity index (χ1) is 18.7. The maximum Gasteiger partial charge on any atom is 0.274 e. The fourth-order valence-electron chi connectivity index (χ4n) is 5.95. The smallest absolute Gasteiger partial charge is 0.274 e.